The van der Waals surface area contributed by atoms with Crippen LogP contribution in [-0.2, 0) is 18.8 Å². The smallest absolute Gasteiger partial charge is 0.496 e. The molecule has 0 saturated heterocycles. The Balaban J connectivity index is 0.000000361. The number of ether oxygens (including phenoxy) is 1. The molecule has 0 aromatic heterocycles. The summed E-state index contributed by atoms with van der Waals surface area (Å²) in [6, 6.07) is 0. The molecule has 0 aliphatic carbocycles. The van der Waals surface area contributed by atoms with Crippen molar-refractivity contribution < 1.29 is 23.9 Å². The number of carbonyl (C=O) groups is 1. The van der Waals surface area contributed by atoms with E-state index in [-0.39, 0.29) is 18.9 Å². The lowest BCUT2D eigenvalue weighted by molar-refractivity contribution is -0.134. The van der Waals surface area contributed by atoms with Crippen LogP contribution in [0.5, 0.6) is 0 Å². The molecular formula is C14H20BNO5. The lowest BCUT2D eigenvalue weighted by atomic mass is 9.71. The highest BCUT2D eigenvalue weighted by Crippen LogP contribution is 2.41. The molecule has 0 fully saturated rings. The van der Waals surface area contributed by atoms with Gasteiger partial charge < -0.3 is 19.2 Å². The number of nitrogens with one attached hydrogen (secondary N) is 1. The predicted octanol–water partition coefficient (Wildman–Crippen LogP) is 1.26. The zero-order valence-corrected chi connectivity index (χ0v) is 12.7. The van der Waals surface area contributed by atoms with E-state index < -0.39 is 5.97 Å². The largest absolute Gasteiger partial charge is 0.497 e. The van der Waals surface area contributed by atoms with E-state index in [0.29, 0.717) is 6.61 Å². The van der Waals surface area contributed by atoms with Crippen LogP contribution < -0.4 is 5.32 Å². The Hall–Kier alpha value is -1.57. The first-order chi connectivity index (χ1) is 9.85. The molecule has 0 aromatic carbocycles. The lowest BCUT2D eigenvalue weighted by Crippen LogP contribution is -2.40. The van der Waals surface area contributed by atoms with Gasteiger partial charge in [-0.1, -0.05) is 0 Å². The standard InChI is InChI=1S/C12H16BNO3.C2H4O2/c1-12(2)9-7-15-5-4-8-6-10(14-3)16-13(17-12)11(8)9;1-2(3)4/h4-6,10,14H,7H2,1-3H3;1H3,(H,3,4). The minimum atomic E-state index is -0.833. The average Bonchev–Trinajstić information content (AvgIpc) is 2.54. The van der Waals surface area contributed by atoms with Crippen molar-refractivity contribution in [3.63, 3.8) is 0 Å². The third-order valence-electron chi connectivity index (χ3n) is 3.46. The fourth-order valence-electron chi connectivity index (χ4n) is 2.50. The van der Waals surface area contributed by atoms with E-state index >= 15 is 0 Å². The van der Waals surface area contributed by atoms with Crippen LogP contribution in [0.4, 0.5) is 0 Å². The number of carboxylic acids is 1. The molecular weight excluding hydrogens is 273 g/mol. The summed E-state index contributed by atoms with van der Waals surface area (Å²) in [7, 11) is 1.58. The van der Waals surface area contributed by atoms with E-state index in [0.717, 1.165) is 18.0 Å². The second kappa shape index (κ2) is 6.05. The number of aliphatic carboxylic acids is 1. The van der Waals surface area contributed by atoms with Gasteiger partial charge in [0, 0.05) is 6.92 Å². The van der Waals surface area contributed by atoms with Crippen LogP contribution >= 0.6 is 0 Å². The van der Waals surface area contributed by atoms with Gasteiger partial charge in [0.2, 0.25) is 0 Å². The Labute approximate surface area is 124 Å². The molecule has 7 heteroatoms. The molecule has 114 valence electrons. The minimum Gasteiger partial charge on any atom is -0.497 e. The second-order valence-corrected chi connectivity index (χ2v) is 5.45. The zero-order chi connectivity index (χ0) is 15.6. The second-order valence-electron chi connectivity index (χ2n) is 5.45. The minimum absolute atomic E-state index is 0.114. The first-order valence-corrected chi connectivity index (χ1v) is 6.79. The quantitative estimate of drug-likeness (QED) is 0.709. The summed E-state index contributed by atoms with van der Waals surface area (Å²) in [6.45, 7) is 5.76. The van der Waals surface area contributed by atoms with Crippen LogP contribution in [0.25, 0.3) is 0 Å². The molecule has 6 nitrogen and oxygen atoms in total. The summed E-state index contributed by atoms with van der Waals surface area (Å²) in [5.41, 5.74) is 3.12. The molecule has 1 atom stereocenters. The highest BCUT2D eigenvalue weighted by atomic mass is 16.6. The number of hydrogen-bond donors (Lipinski definition) is 2. The van der Waals surface area contributed by atoms with Crippen LogP contribution in [0.15, 0.2) is 35.0 Å². The molecule has 21 heavy (non-hydrogen) atoms. The monoisotopic (exact) mass is 293 g/mol. The number of carboxylic acid groups (broad SMARTS) is 1. The van der Waals surface area contributed by atoms with Gasteiger partial charge in [-0.25, -0.2) is 0 Å². The Morgan fingerprint density at radius 2 is 2.19 bits per heavy atom. The van der Waals surface area contributed by atoms with Gasteiger partial charge in [0.25, 0.3) is 5.97 Å². The van der Waals surface area contributed by atoms with Crippen LogP contribution in [0.3, 0.4) is 0 Å². The third kappa shape index (κ3) is 3.37. The fraction of sp³-hybridized carbons (Fsp3) is 0.500. The van der Waals surface area contributed by atoms with Gasteiger partial charge in [-0.3, -0.25) is 10.1 Å². The maximum absolute atomic E-state index is 9.00. The summed E-state index contributed by atoms with van der Waals surface area (Å²) < 4.78 is 17.3. The highest BCUT2D eigenvalue weighted by Gasteiger charge is 2.48. The molecule has 3 aliphatic rings. The highest BCUT2D eigenvalue weighted by molar-refractivity contribution is 6.57. The molecule has 0 bridgehead atoms. The van der Waals surface area contributed by atoms with Gasteiger partial charge in [-0.15, -0.1) is 0 Å². The SMILES string of the molecule is CC(=O)O.CNC1C=C2C=COCC3=C2B(O1)OC3(C)C. The van der Waals surface area contributed by atoms with Crippen molar-refractivity contribution in [3.8, 4) is 0 Å². The molecule has 0 spiro atoms. The first kappa shape index (κ1) is 15.8. The van der Waals surface area contributed by atoms with Crippen molar-refractivity contribution in [2.45, 2.75) is 32.6 Å². The molecule has 0 amide bonds. The summed E-state index contributed by atoms with van der Waals surface area (Å²) in [4.78, 5) is 9.00. The molecule has 0 aromatic rings. The van der Waals surface area contributed by atoms with Gasteiger partial charge in [0.1, 0.15) is 12.8 Å². The molecule has 2 N–H and O–H groups in total. The third-order valence-corrected chi connectivity index (χ3v) is 3.46. The van der Waals surface area contributed by atoms with Crippen molar-refractivity contribution in [2.75, 3.05) is 13.7 Å². The van der Waals surface area contributed by atoms with Gasteiger partial charge >= 0.3 is 7.12 Å². The molecule has 3 heterocycles. The van der Waals surface area contributed by atoms with E-state index in [4.69, 9.17) is 23.9 Å². The van der Waals surface area contributed by atoms with Crippen molar-refractivity contribution >= 4 is 13.1 Å². The molecule has 0 saturated carbocycles. The van der Waals surface area contributed by atoms with Crippen LogP contribution in [0, 0.1) is 0 Å². The van der Waals surface area contributed by atoms with Crippen LogP contribution in [0.1, 0.15) is 20.8 Å². The molecule has 3 aliphatic heterocycles. The van der Waals surface area contributed by atoms with Crippen molar-refractivity contribution in [3.05, 3.63) is 35.0 Å². The maximum atomic E-state index is 9.00. The normalized spacial score (nSPS) is 25.2. The number of hydrogen-bond acceptors (Lipinski definition) is 5. The fourth-order valence-corrected chi connectivity index (χ4v) is 2.50. The first-order valence-electron chi connectivity index (χ1n) is 6.79. The van der Waals surface area contributed by atoms with Crippen molar-refractivity contribution in [1.29, 1.82) is 0 Å². The maximum Gasteiger partial charge on any atom is 0.496 e. The van der Waals surface area contributed by atoms with E-state index in [1.165, 1.54) is 5.57 Å². The molecule has 0 radical (unpaired) electrons. The summed E-state index contributed by atoms with van der Waals surface area (Å²) >= 11 is 0. The number of allylic oxidation sites excluding steroid dienone is 3. The van der Waals surface area contributed by atoms with Crippen LogP contribution in [0.2, 0.25) is 0 Å². The van der Waals surface area contributed by atoms with Crippen LogP contribution in [-0.4, -0.2) is 43.7 Å². The summed E-state index contributed by atoms with van der Waals surface area (Å²) in [5.74, 6) is -0.833. The Bertz CT molecular complexity index is 519. The average molecular weight is 293 g/mol. The van der Waals surface area contributed by atoms with Gasteiger partial charge in [-0.2, -0.15) is 0 Å². The van der Waals surface area contributed by atoms with E-state index in [2.05, 4.69) is 25.2 Å². The lowest BCUT2D eigenvalue weighted by Gasteiger charge is -2.26. The van der Waals surface area contributed by atoms with Gasteiger partial charge in [0.05, 0.1) is 11.9 Å². The van der Waals surface area contributed by atoms with E-state index in [9.17, 15) is 0 Å². The summed E-state index contributed by atoms with van der Waals surface area (Å²) in [5, 5.41) is 10.5. The Morgan fingerprint density at radius 1 is 1.52 bits per heavy atom. The topological polar surface area (TPSA) is 77.0 Å². The predicted molar refractivity (Wildman–Crippen MR) is 78.4 cm³/mol. The van der Waals surface area contributed by atoms with E-state index in [1.54, 1.807) is 6.26 Å². The zero-order valence-electron chi connectivity index (χ0n) is 12.7. The van der Waals surface area contributed by atoms with Crippen molar-refractivity contribution in [2.24, 2.45) is 0 Å². The number of rotatable bonds is 1. The Morgan fingerprint density at radius 3 is 2.81 bits per heavy atom. The van der Waals surface area contributed by atoms with E-state index in [1.807, 2.05) is 13.1 Å². The molecule has 1 unspecified atom stereocenters. The van der Waals surface area contributed by atoms with Gasteiger partial charge in [0.15, 0.2) is 0 Å². The molecule has 3 rings (SSSR count). The Kier molecular flexibility index (Phi) is 4.56. The number of likely N-dealkylation sites (N-methyl/N-ethyl adjacent to an activating group) is 1. The van der Waals surface area contributed by atoms with Crippen molar-refractivity contribution in [1.82, 2.24) is 5.32 Å². The summed E-state index contributed by atoms with van der Waals surface area (Å²) in [6.07, 6.45) is 5.67. The van der Waals surface area contributed by atoms with Gasteiger partial charge in [-0.05, 0) is 49.7 Å².